The molecule has 0 saturated carbocycles. The number of amides is 1. The summed E-state index contributed by atoms with van der Waals surface area (Å²) in [4.78, 5) is 16.2. The van der Waals surface area contributed by atoms with Crippen LogP contribution < -0.4 is 5.32 Å². The minimum absolute atomic E-state index is 0.0965. The summed E-state index contributed by atoms with van der Waals surface area (Å²) in [6.45, 7) is 7.85. The first-order valence-electron chi connectivity index (χ1n) is 11.3. The van der Waals surface area contributed by atoms with Crippen LogP contribution in [0.1, 0.15) is 39.1 Å². The quantitative estimate of drug-likeness (QED) is 0.360. The van der Waals surface area contributed by atoms with Crippen LogP contribution in [0.25, 0.3) is 22.2 Å². The molecule has 0 spiro atoms. The molecule has 1 aliphatic heterocycles. The Balaban J connectivity index is 1.59. The second-order valence-electron chi connectivity index (χ2n) is 9.57. The van der Waals surface area contributed by atoms with Crippen LogP contribution in [0.4, 0.5) is 5.69 Å². The maximum absolute atomic E-state index is 11.4. The van der Waals surface area contributed by atoms with Gasteiger partial charge in [-0.1, -0.05) is 69.3 Å². The SMILES string of the molecule is CC(=O)Nc1cccc(-c2ccc(C3(c4nc5ccccc5o4)C=C(C(C)(C)C)N=N3)cc2)c1. The zero-order valence-corrected chi connectivity index (χ0v) is 19.7. The first-order chi connectivity index (χ1) is 16.2. The van der Waals surface area contributed by atoms with Crippen molar-refractivity contribution in [2.24, 2.45) is 15.6 Å². The van der Waals surface area contributed by atoms with Gasteiger partial charge in [0.2, 0.25) is 17.3 Å². The molecule has 170 valence electrons. The molecule has 0 radical (unpaired) electrons. The molecule has 1 amide bonds. The Morgan fingerprint density at radius 3 is 2.38 bits per heavy atom. The van der Waals surface area contributed by atoms with Crippen LogP contribution in [0, 0.1) is 5.41 Å². The van der Waals surface area contributed by atoms with E-state index >= 15 is 0 Å². The molecule has 0 bridgehead atoms. The lowest BCUT2D eigenvalue weighted by Crippen LogP contribution is -2.22. The lowest BCUT2D eigenvalue weighted by atomic mass is 9.84. The van der Waals surface area contributed by atoms with Crippen LogP contribution in [0.3, 0.4) is 0 Å². The van der Waals surface area contributed by atoms with Gasteiger partial charge in [-0.2, -0.15) is 10.2 Å². The van der Waals surface area contributed by atoms with Gasteiger partial charge < -0.3 is 9.73 Å². The van der Waals surface area contributed by atoms with Crippen molar-refractivity contribution in [1.82, 2.24) is 4.98 Å². The Labute approximate surface area is 198 Å². The van der Waals surface area contributed by atoms with Gasteiger partial charge in [0.05, 0.1) is 5.70 Å². The molecule has 0 saturated heterocycles. The van der Waals surface area contributed by atoms with Crippen molar-refractivity contribution in [3.63, 3.8) is 0 Å². The van der Waals surface area contributed by atoms with E-state index in [-0.39, 0.29) is 11.3 Å². The van der Waals surface area contributed by atoms with Crippen molar-refractivity contribution in [3.8, 4) is 11.1 Å². The Bertz CT molecular complexity index is 1410. The summed E-state index contributed by atoms with van der Waals surface area (Å²) in [6, 6.07) is 23.7. The number of para-hydroxylation sites is 2. The van der Waals surface area contributed by atoms with E-state index in [0.717, 1.165) is 39.2 Å². The molecular weight excluding hydrogens is 424 g/mol. The second-order valence-corrected chi connectivity index (χ2v) is 9.57. The normalized spacial score (nSPS) is 17.7. The van der Waals surface area contributed by atoms with Gasteiger partial charge in [0.15, 0.2) is 5.58 Å². The van der Waals surface area contributed by atoms with Gasteiger partial charge in [0.1, 0.15) is 5.52 Å². The molecule has 2 heterocycles. The number of carbonyl (C=O) groups is 1. The number of fused-ring (bicyclic) bond motifs is 1. The third-order valence-electron chi connectivity index (χ3n) is 5.89. The van der Waals surface area contributed by atoms with Gasteiger partial charge in [-0.3, -0.25) is 4.79 Å². The van der Waals surface area contributed by atoms with Gasteiger partial charge in [0.25, 0.3) is 0 Å². The Hall–Kier alpha value is -4.06. The highest BCUT2D eigenvalue weighted by atomic mass is 16.4. The molecule has 1 N–H and O–H groups in total. The highest BCUT2D eigenvalue weighted by molar-refractivity contribution is 5.89. The van der Waals surface area contributed by atoms with Crippen LogP contribution in [-0.2, 0) is 10.3 Å². The van der Waals surface area contributed by atoms with Crippen LogP contribution in [-0.4, -0.2) is 10.9 Å². The van der Waals surface area contributed by atoms with Crippen molar-refractivity contribution in [1.29, 1.82) is 0 Å². The van der Waals surface area contributed by atoms with Crippen LogP contribution in [0.2, 0.25) is 0 Å². The number of carbonyl (C=O) groups excluding carboxylic acids is 1. The topological polar surface area (TPSA) is 79.9 Å². The molecule has 4 aromatic rings. The van der Waals surface area contributed by atoms with E-state index in [4.69, 9.17) is 14.5 Å². The third-order valence-corrected chi connectivity index (χ3v) is 5.89. The molecule has 0 aliphatic carbocycles. The van der Waals surface area contributed by atoms with E-state index in [9.17, 15) is 4.79 Å². The molecular formula is C28H26N4O2. The average Bonchev–Trinajstić information content (AvgIpc) is 3.45. The molecule has 1 aromatic heterocycles. The van der Waals surface area contributed by atoms with Crippen molar-refractivity contribution in [2.45, 2.75) is 33.2 Å². The first-order valence-corrected chi connectivity index (χ1v) is 11.3. The van der Waals surface area contributed by atoms with Crippen molar-refractivity contribution in [2.75, 3.05) is 5.32 Å². The zero-order valence-electron chi connectivity index (χ0n) is 19.7. The van der Waals surface area contributed by atoms with E-state index in [1.165, 1.54) is 6.92 Å². The van der Waals surface area contributed by atoms with Crippen LogP contribution in [0.15, 0.2) is 99.2 Å². The number of oxazole rings is 1. The lowest BCUT2D eigenvalue weighted by Gasteiger charge is -2.21. The smallest absolute Gasteiger partial charge is 0.234 e. The van der Waals surface area contributed by atoms with Crippen LogP contribution >= 0.6 is 0 Å². The number of hydrogen-bond acceptors (Lipinski definition) is 5. The number of rotatable bonds is 4. The maximum atomic E-state index is 11.4. The number of allylic oxidation sites excluding steroid dienone is 1. The predicted molar refractivity (Wildman–Crippen MR) is 133 cm³/mol. The van der Waals surface area contributed by atoms with Crippen LogP contribution in [0.5, 0.6) is 0 Å². The first kappa shape index (κ1) is 21.8. The lowest BCUT2D eigenvalue weighted by molar-refractivity contribution is -0.114. The summed E-state index contributed by atoms with van der Waals surface area (Å²) < 4.78 is 6.19. The molecule has 5 rings (SSSR count). The average molecular weight is 451 g/mol. The van der Waals surface area contributed by atoms with E-state index in [2.05, 4.69) is 37.3 Å². The van der Waals surface area contributed by atoms with Gasteiger partial charge in [-0.05, 0) is 47.0 Å². The van der Waals surface area contributed by atoms with Gasteiger partial charge in [0, 0.05) is 18.0 Å². The number of aromatic nitrogens is 1. The summed E-state index contributed by atoms with van der Waals surface area (Å²) in [5, 5.41) is 12.1. The highest BCUT2D eigenvalue weighted by Crippen LogP contribution is 2.45. The fourth-order valence-electron chi connectivity index (χ4n) is 4.06. The van der Waals surface area contributed by atoms with E-state index < -0.39 is 5.54 Å². The van der Waals surface area contributed by atoms with Gasteiger partial charge in [-0.15, -0.1) is 0 Å². The number of hydrogen-bond donors (Lipinski definition) is 1. The number of nitrogens with zero attached hydrogens (tertiary/aromatic N) is 3. The van der Waals surface area contributed by atoms with Gasteiger partial charge >= 0.3 is 0 Å². The minimum atomic E-state index is -0.932. The Kier molecular flexibility index (Phi) is 5.16. The summed E-state index contributed by atoms with van der Waals surface area (Å²) in [6.07, 6.45) is 2.06. The van der Waals surface area contributed by atoms with Crippen molar-refractivity contribution < 1.29 is 9.21 Å². The third kappa shape index (κ3) is 3.92. The van der Waals surface area contributed by atoms with Crippen molar-refractivity contribution in [3.05, 3.63) is 96.0 Å². The van der Waals surface area contributed by atoms with Crippen molar-refractivity contribution >= 4 is 22.7 Å². The summed E-state index contributed by atoms with van der Waals surface area (Å²) in [5.74, 6) is 0.401. The fourth-order valence-corrected chi connectivity index (χ4v) is 4.06. The zero-order chi connectivity index (χ0) is 23.9. The number of anilines is 1. The molecule has 3 aromatic carbocycles. The van der Waals surface area contributed by atoms with Gasteiger partial charge in [-0.25, -0.2) is 4.98 Å². The number of nitrogens with one attached hydrogen (secondary N) is 1. The van der Waals surface area contributed by atoms with E-state index in [1.54, 1.807) is 0 Å². The standard InChI is InChI=1S/C28H26N4O2/c1-18(33)29-22-9-7-8-20(16-22)19-12-14-21(15-13-19)28(17-25(31-32-28)27(2,3)4)26-30-23-10-5-6-11-24(23)34-26/h5-17H,1-4H3,(H,29,33). The molecule has 6 heteroatoms. The monoisotopic (exact) mass is 450 g/mol. The largest absolute Gasteiger partial charge is 0.437 e. The maximum Gasteiger partial charge on any atom is 0.234 e. The summed E-state index contributed by atoms with van der Waals surface area (Å²) in [7, 11) is 0. The number of azo groups is 1. The summed E-state index contributed by atoms with van der Waals surface area (Å²) in [5.41, 5.74) is 5.02. The second kappa shape index (κ2) is 8.06. The molecule has 1 aliphatic rings. The molecule has 1 unspecified atom stereocenters. The number of benzene rings is 3. The Morgan fingerprint density at radius 2 is 1.71 bits per heavy atom. The van der Waals surface area contributed by atoms with E-state index in [1.807, 2.05) is 72.8 Å². The highest BCUT2D eigenvalue weighted by Gasteiger charge is 2.43. The Morgan fingerprint density at radius 1 is 0.941 bits per heavy atom. The molecule has 34 heavy (non-hydrogen) atoms. The fraction of sp³-hybridized carbons (Fsp3) is 0.214. The molecule has 1 atom stereocenters. The minimum Gasteiger partial charge on any atom is -0.437 e. The molecule has 6 nitrogen and oxygen atoms in total. The van der Waals surface area contributed by atoms with E-state index in [0.29, 0.717) is 5.89 Å². The predicted octanol–water partition coefficient (Wildman–Crippen LogP) is 7.09. The molecule has 0 fully saturated rings. The summed E-state index contributed by atoms with van der Waals surface area (Å²) >= 11 is 0.